The van der Waals surface area contributed by atoms with E-state index in [-0.39, 0.29) is 5.91 Å². The van der Waals surface area contributed by atoms with Crippen molar-refractivity contribution in [2.75, 3.05) is 5.32 Å². The fourth-order valence-electron chi connectivity index (χ4n) is 4.62. The highest BCUT2D eigenvalue weighted by Crippen LogP contribution is 2.41. The van der Waals surface area contributed by atoms with Crippen molar-refractivity contribution in [2.24, 2.45) is 0 Å². The summed E-state index contributed by atoms with van der Waals surface area (Å²) in [6.45, 7) is 0.629. The number of nitrogens with zero attached hydrogens (tertiary/aromatic N) is 3. The molecule has 0 unspecified atom stereocenters. The Morgan fingerprint density at radius 1 is 1.03 bits per heavy atom. The lowest BCUT2D eigenvalue weighted by Gasteiger charge is -2.28. The maximum atomic E-state index is 12.9. The first-order valence-electron chi connectivity index (χ1n) is 11.1. The molecule has 1 fully saturated rings. The minimum atomic E-state index is -0.129. The molecule has 3 aromatic heterocycles. The van der Waals surface area contributed by atoms with Crippen LogP contribution in [0, 0.1) is 0 Å². The second-order valence-corrected chi connectivity index (χ2v) is 9.24. The van der Waals surface area contributed by atoms with Gasteiger partial charge in [0.2, 0.25) is 0 Å². The molecule has 0 saturated heterocycles. The average Bonchev–Trinajstić information content (AvgIpc) is 3.50. The van der Waals surface area contributed by atoms with Crippen LogP contribution in [0.25, 0.3) is 0 Å². The zero-order valence-electron chi connectivity index (χ0n) is 17.9. The van der Waals surface area contributed by atoms with Crippen LogP contribution in [0.2, 0.25) is 0 Å². The summed E-state index contributed by atoms with van der Waals surface area (Å²) in [7, 11) is 0. The Hall–Kier alpha value is -3.25. The Morgan fingerprint density at radius 3 is 2.69 bits per heavy atom. The highest BCUT2D eigenvalue weighted by Gasteiger charge is 2.26. The third-order valence-electron chi connectivity index (χ3n) is 6.27. The summed E-state index contributed by atoms with van der Waals surface area (Å²) >= 11 is 1.52. The Balaban J connectivity index is 1.25. The topological polar surface area (TPSA) is 59.8 Å². The summed E-state index contributed by atoms with van der Waals surface area (Å²) in [4.78, 5) is 21.8. The molecule has 2 atom stereocenters. The van der Waals surface area contributed by atoms with Crippen LogP contribution in [0.15, 0.2) is 78.6 Å². The van der Waals surface area contributed by atoms with Gasteiger partial charge in [0.1, 0.15) is 5.69 Å². The van der Waals surface area contributed by atoms with E-state index in [1.165, 1.54) is 29.7 Å². The number of benzene rings is 1. The van der Waals surface area contributed by atoms with Gasteiger partial charge in [0.15, 0.2) is 5.13 Å². The number of hydrogen-bond donors (Lipinski definition) is 1. The van der Waals surface area contributed by atoms with Crippen molar-refractivity contribution in [3.63, 3.8) is 0 Å². The summed E-state index contributed by atoms with van der Waals surface area (Å²) in [6, 6.07) is 18.5. The smallest absolute Gasteiger partial charge is 0.274 e. The number of pyridine rings is 1. The van der Waals surface area contributed by atoms with E-state index in [0.717, 1.165) is 24.1 Å². The highest BCUT2D eigenvalue weighted by atomic mass is 32.1. The van der Waals surface area contributed by atoms with Gasteiger partial charge in [-0.2, -0.15) is 0 Å². The maximum absolute atomic E-state index is 12.9. The van der Waals surface area contributed by atoms with Gasteiger partial charge in [-0.15, -0.1) is 11.3 Å². The van der Waals surface area contributed by atoms with Crippen molar-refractivity contribution in [2.45, 2.75) is 44.1 Å². The molecule has 0 aliphatic heterocycles. The van der Waals surface area contributed by atoms with Gasteiger partial charge in [0, 0.05) is 36.4 Å². The first-order valence-corrected chi connectivity index (χ1v) is 12.0. The molecule has 32 heavy (non-hydrogen) atoms. The van der Waals surface area contributed by atoms with Crippen LogP contribution < -0.4 is 5.32 Å². The Bertz CT molecular complexity index is 1170. The molecule has 1 amide bonds. The van der Waals surface area contributed by atoms with Crippen molar-refractivity contribution in [1.29, 1.82) is 0 Å². The number of rotatable bonds is 6. The summed E-state index contributed by atoms with van der Waals surface area (Å²) in [5, 5.41) is 5.79. The molecule has 3 heterocycles. The van der Waals surface area contributed by atoms with E-state index in [2.05, 4.69) is 46.0 Å². The first kappa shape index (κ1) is 20.6. The number of anilines is 1. The number of carbonyl (C=O) groups excluding carboxylic acids is 1. The van der Waals surface area contributed by atoms with E-state index in [9.17, 15) is 4.79 Å². The minimum Gasteiger partial charge on any atom is -0.339 e. The maximum Gasteiger partial charge on any atom is 0.274 e. The van der Waals surface area contributed by atoms with E-state index in [1.807, 2.05) is 35.0 Å². The molecule has 0 radical (unpaired) electrons. The summed E-state index contributed by atoms with van der Waals surface area (Å²) < 4.78 is 1.95. The predicted molar refractivity (Wildman–Crippen MR) is 128 cm³/mol. The van der Waals surface area contributed by atoms with Crippen molar-refractivity contribution in [3.05, 3.63) is 101 Å². The monoisotopic (exact) mass is 442 g/mol. The van der Waals surface area contributed by atoms with Gasteiger partial charge in [0.25, 0.3) is 5.91 Å². The lowest BCUT2D eigenvalue weighted by atomic mass is 9.77. The zero-order valence-corrected chi connectivity index (χ0v) is 18.7. The number of amides is 1. The van der Waals surface area contributed by atoms with Crippen LogP contribution >= 0.6 is 11.3 Å². The van der Waals surface area contributed by atoms with Gasteiger partial charge in [-0.25, -0.2) is 4.98 Å². The van der Waals surface area contributed by atoms with Crippen LogP contribution in [0.3, 0.4) is 0 Å². The van der Waals surface area contributed by atoms with Crippen LogP contribution in [0.1, 0.15) is 64.8 Å². The van der Waals surface area contributed by atoms with Gasteiger partial charge >= 0.3 is 0 Å². The SMILES string of the molecule is O=C(Nc1nc([C@H]2CCC[C@@H](c3ccccc3)C2)cs1)c1cccn1Cc1ccncc1. The molecule has 1 N–H and O–H groups in total. The Labute approximate surface area is 192 Å². The third-order valence-corrected chi connectivity index (χ3v) is 7.05. The number of hydrogen-bond acceptors (Lipinski definition) is 4. The van der Waals surface area contributed by atoms with E-state index >= 15 is 0 Å². The number of aromatic nitrogens is 3. The Morgan fingerprint density at radius 2 is 1.84 bits per heavy atom. The third kappa shape index (κ3) is 4.65. The van der Waals surface area contributed by atoms with E-state index in [4.69, 9.17) is 4.98 Å². The molecule has 0 spiro atoms. The van der Waals surface area contributed by atoms with Crippen molar-refractivity contribution >= 4 is 22.4 Å². The van der Waals surface area contributed by atoms with Gasteiger partial charge in [-0.3, -0.25) is 15.1 Å². The second-order valence-electron chi connectivity index (χ2n) is 8.38. The fraction of sp³-hybridized carbons (Fsp3) is 0.269. The zero-order chi connectivity index (χ0) is 21.8. The molecule has 162 valence electrons. The summed E-state index contributed by atoms with van der Waals surface area (Å²) in [5.41, 5.74) is 4.27. The average molecular weight is 443 g/mol. The normalized spacial score (nSPS) is 18.4. The van der Waals surface area contributed by atoms with Crippen molar-refractivity contribution in [3.8, 4) is 0 Å². The molecule has 4 aromatic rings. The standard InChI is InChI=1S/C26H26N4OS/c31-25(24-10-5-15-30(24)17-19-11-13-27-14-12-19)29-26-28-23(18-32-26)22-9-4-8-21(16-22)20-6-2-1-3-7-20/h1-3,5-7,10-15,18,21-22H,4,8-9,16-17H2,(H,28,29,31)/t21-,22+/m1/s1. The van der Waals surface area contributed by atoms with E-state index in [0.29, 0.717) is 29.2 Å². The lowest BCUT2D eigenvalue weighted by Crippen LogP contribution is -2.17. The highest BCUT2D eigenvalue weighted by molar-refractivity contribution is 7.14. The molecule has 0 bridgehead atoms. The van der Waals surface area contributed by atoms with E-state index in [1.54, 1.807) is 12.4 Å². The number of carbonyl (C=O) groups is 1. The van der Waals surface area contributed by atoms with Gasteiger partial charge in [-0.05, 0) is 60.6 Å². The molecule has 1 aliphatic carbocycles. The van der Waals surface area contributed by atoms with E-state index < -0.39 is 0 Å². The van der Waals surface area contributed by atoms with Gasteiger partial charge < -0.3 is 4.57 Å². The molecule has 1 aliphatic rings. The Kier molecular flexibility index (Phi) is 6.12. The quantitative estimate of drug-likeness (QED) is 0.394. The minimum absolute atomic E-state index is 0.129. The molecule has 5 rings (SSSR count). The fourth-order valence-corrected chi connectivity index (χ4v) is 5.41. The largest absolute Gasteiger partial charge is 0.339 e. The number of thiazole rings is 1. The predicted octanol–water partition coefficient (Wildman–Crippen LogP) is 6.08. The number of nitrogens with one attached hydrogen (secondary N) is 1. The molecular weight excluding hydrogens is 416 g/mol. The lowest BCUT2D eigenvalue weighted by molar-refractivity contribution is 0.101. The first-order chi connectivity index (χ1) is 15.8. The van der Waals surface area contributed by atoms with Crippen LogP contribution in [0.4, 0.5) is 5.13 Å². The molecule has 1 saturated carbocycles. The van der Waals surface area contributed by atoms with Crippen molar-refractivity contribution in [1.82, 2.24) is 14.5 Å². The van der Waals surface area contributed by atoms with Crippen LogP contribution in [0.5, 0.6) is 0 Å². The molecule has 1 aromatic carbocycles. The van der Waals surface area contributed by atoms with Crippen LogP contribution in [-0.4, -0.2) is 20.4 Å². The van der Waals surface area contributed by atoms with Gasteiger partial charge in [-0.1, -0.05) is 36.8 Å². The molecular formula is C26H26N4OS. The second kappa shape index (κ2) is 9.49. The summed E-state index contributed by atoms with van der Waals surface area (Å²) in [6.07, 6.45) is 10.2. The molecule has 5 nitrogen and oxygen atoms in total. The van der Waals surface area contributed by atoms with Crippen molar-refractivity contribution < 1.29 is 4.79 Å². The molecule has 6 heteroatoms. The summed E-state index contributed by atoms with van der Waals surface area (Å²) in [5.74, 6) is 0.910. The van der Waals surface area contributed by atoms with Gasteiger partial charge in [0.05, 0.1) is 5.69 Å². The van der Waals surface area contributed by atoms with Crippen LogP contribution in [-0.2, 0) is 6.54 Å².